The van der Waals surface area contributed by atoms with Crippen LogP contribution in [-0.4, -0.2) is 42.5 Å². The molecular formula is C9H21NO2S. The van der Waals surface area contributed by atoms with Gasteiger partial charge in [-0.15, -0.1) is 0 Å². The number of nitrogens with two attached hydrogens (primary N) is 1. The third-order valence-electron chi connectivity index (χ3n) is 1.52. The van der Waals surface area contributed by atoms with Gasteiger partial charge in [0.25, 0.3) is 0 Å². The molecule has 0 aliphatic heterocycles. The van der Waals surface area contributed by atoms with Crippen LogP contribution in [0, 0.1) is 0 Å². The van der Waals surface area contributed by atoms with E-state index in [2.05, 4.69) is 6.92 Å². The number of rotatable bonds is 9. The Hall–Kier alpha value is 0.230. The molecule has 0 bridgehead atoms. The standard InChI is InChI=1S/C9H21NO2S/c1-2-3-5-12-7-9(11)8-13-6-4-10/h9,11H,2-8,10H2,1H3. The molecule has 0 aliphatic rings. The van der Waals surface area contributed by atoms with Crippen molar-refractivity contribution in [3.05, 3.63) is 0 Å². The fraction of sp³-hybridized carbons (Fsp3) is 1.00. The maximum atomic E-state index is 9.39. The van der Waals surface area contributed by atoms with Gasteiger partial charge in [-0.1, -0.05) is 13.3 Å². The van der Waals surface area contributed by atoms with Crippen LogP contribution in [0.1, 0.15) is 19.8 Å². The van der Waals surface area contributed by atoms with E-state index in [1.807, 2.05) is 0 Å². The molecule has 1 unspecified atom stereocenters. The average molecular weight is 207 g/mol. The Morgan fingerprint density at radius 1 is 1.54 bits per heavy atom. The summed E-state index contributed by atoms with van der Waals surface area (Å²) in [6.45, 7) is 4.01. The van der Waals surface area contributed by atoms with Crippen molar-refractivity contribution in [2.75, 3.05) is 31.3 Å². The van der Waals surface area contributed by atoms with Gasteiger partial charge in [-0.25, -0.2) is 0 Å². The zero-order valence-corrected chi connectivity index (χ0v) is 9.18. The molecule has 1 atom stereocenters. The molecule has 0 aromatic heterocycles. The zero-order chi connectivity index (χ0) is 9.94. The highest BCUT2D eigenvalue weighted by Crippen LogP contribution is 2.02. The molecule has 3 N–H and O–H groups in total. The van der Waals surface area contributed by atoms with Gasteiger partial charge in [-0.3, -0.25) is 0 Å². The van der Waals surface area contributed by atoms with Crippen LogP contribution in [0.5, 0.6) is 0 Å². The Morgan fingerprint density at radius 2 is 2.31 bits per heavy atom. The van der Waals surface area contributed by atoms with Crippen LogP contribution in [0.3, 0.4) is 0 Å². The molecular weight excluding hydrogens is 186 g/mol. The van der Waals surface area contributed by atoms with Crippen molar-refractivity contribution in [3.63, 3.8) is 0 Å². The van der Waals surface area contributed by atoms with E-state index in [-0.39, 0.29) is 6.10 Å². The number of aliphatic hydroxyl groups is 1. The average Bonchev–Trinajstić information content (AvgIpc) is 2.13. The fourth-order valence-corrected chi connectivity index (χ4v) is 1.52. The quantitative estimate of drug-likeness (QED) is 0.551. The van der Waals surface area contributed by atoms with Crippen molar-refractivity contribution in [3.8, 4) is 0 Å². The summed E-state index contributed by atoms with van der Waals surface area (Å²) in [4.78, 5) is 0. The molecule has 0 rings (SSSR count). The highest BCUT2D eigenvalue weighted by molar-refractivity contribution is 7.99. The lowest BCUT2D eigenvalue weighted by molar-refractivity contribution is 0.0473. The first kappa shape index (κ1) is 13.2. The Balaban J connectivity index is 3.05. The molecule has 0 amide bonds. The van der Waals surface area contributed by atoms with Crippen molar-refractivity contribution < 1.29 is 9.84 Å². The van der Waals surface area contributed by atoms with Crippen LogP contribution < -0.4 is 5.73 Å². The Bertz CT molecular complexity index is 104. The van der Waals surface area contributed by atoms with E-state index >= 15 is 0 Å². The van der Waals surface area contributed by atoms with E-state index in [0.29, 0.717) is 13.2 Å². The Labute approximate surface area is 85.0 Å². The monoisotopic (exact) mass is 207 g/mol. The number of aliphatic hydroxyl groups excluding tert-OH is 1. The maximum absolute atomic E-state index is 9.39. The first-order valence-corrected chi connectivity index (χ1v) is 6.00. The summed E-state index contributed by atoms with van der Waals surface area (Å²) in [7, 11) is 0. The fourth-order valence-electron chi connectivity index (χ4n) is 0.817. The second-order valence-corrected chi connectivity index (χ2v) is 4.10. The van der Waals surface area contributed by atoms with Gasteiger partial charge >= 0.3 is 0 Å². The predicted octanol–water partition coefficient (Wildman–Crippen LogP) is 0.856. The first-order chi connectivity index (χ1) is 6.31. The van der Waals surface area contributed by atoms with Crippen LogP contribution in [-0.2, 0) is 4.74 Å². The van der Waals surface area contributed by atoms with E-state index in [4.69, 9.17) is 10.5 Å². The van der Waals surface area contributed by atoms with E-state index in [1.54, 1.807) is 11.8 Å². The van der Waals surface area contributed by atoms with Gasteiger partial charge in [0.15, 0.2) is 0 Å². The number of thioether (sulfide) groups is 1. The van der Waals surface area contributed by atoms with Crippen molar-refractivity contribution in [1.29, 1.82) is 0 Å². The van der Waals surface area contributed by atoms with Gasteiger partial charge < -0.3 is 15.6 Å². The Kier molecular flexibility index (Phi) is 10.5. The minimum Gasteiger partial charge on any atom is -0.390 e. The summed E-state index contributed by atoms with van der Waals surface area (Å²) in [5, 5.41) is 9.39. The minimum atomic E-state index is -0.339. The van der Waals surface area contributed by atoms with Crippen LogP contribution in [0.15, 0.2) is 0 Å². The second kappa shape index (κ2) is 10.3. The lowest BCUT2D eigenvalue weighted by Gasteiger charge is -2.10. The molecule has 0 saturated carbocycles. The summed E-state index contributed by atoms with van der Waals surface area (Å²) in [6, 6.07) is 0. The van der Waals surface area contributed by atoms with Gasteiger partial charge in [0, 0.05) is 24.7 Å². The van der Waals surface area contributed by atoms with Gasteiger partial charge in [0.1, 0.15) is 0 Å². The predicted molar refractivity (Wildman–Crippen MR) is 58.1 cm³/mol. The molecule has 0 heterocycles. The molecule has 80 valence electrons. The van der Waals surface area contributed by atoms with Gasteiger partial charge in [0.2, 0.25) is 0 Å². The van der Waals surface area contributed by atoms with Crippen molar-refractivity contribution in [1.82, 2.24) is 0 Å². The molecule has 0 fully saturated rings. The molecule has 0 radical (unpaired) electrons. The molecule has 0 saturated heterocycles. The molecule has 0 aliphatic carbocycles. The number of unbranched alkanes of at least 4 members (excludes halogenated alkanes) is 1. The van der Waals surface area contributed by atoms with Crippen LogP contribution in [0.25, 0.3) is 0 Å². The summed E-state index contributed by atoms with van der Waals surface area (Å²) >= 11 is 1.67. The van der Waals surface area contributed by atoms with Crippen molar-refractivity contribution in [2.45, 2.75) is 25.9 Å². The molecule has 13 heavy (non-hydrogen) atoms. The third kappa shape index (κ3) is 10.1. The van der Waals surface area contributed by atoms with E-state index in [1.165, 1.54) is 0 Å². The highest BCUT2D eigenvalue weighted by Gasteiger charge is 2.03. The third-order valence-corrected chi connectivity index (χ3v) is 2.67. The minimum absolute atomic E-state index is 0.339. The van der Waals surface area contributed by atoms with Crippen molar-refractivity contribution in [2.24, 2.45) is 5.73 Å². The van der Waals surface area contributed by atoms with Crippen molar-refractivity contribution >= 4 is 11.8 Å². The van der Waals surface area contributed by atoms with Gasteiger partial charge in [-0.05, 0) is 6.42 Å². The zero-order valence-electron chi connectivity index (χ0n) is 8.37. The van der Waals surface area contributed by atoms with Gasteiger partial charge in [0.05, 0.1) is 12.7 Å². The number of hydrogen-bond acceptors (Lipinski definition) is 4. The van der Waals surface area contributed by atoms with Crippen LogP contribution in [0.2, 0.25) is 0 Å². The molecule has 3 nitrogen and oxygen atoms in total. The molecule has 0 aromatic carbocycles. The highest BCUT2D eigenvalue weighted by atomic mass is 32.2. The maximum Gasteiger partial charge on any atom is 0.0863 e. The topological polar surface area (TPSA) is 55.5 Å². The summed E-state index contributed by atoms with van der Waals surface area (Å²) < 4.78 is 5.27. The molecule has 0 aromatic rings. The van der Waals surface area contributed by atoms with E-state index in [9.17, 15) is 5.11 Å². The number of hydrogen-bond donors (Lipinski definition) is 2. The first-order valence-electron chi connectivity index (χ1n) is 4.84. The largest absolute Gasteiger partial charge is 0.390 e. The summed E-state index contributed by atoms with van der Waals surface area (Å²) in [6.07, 6.45) is 1.87. The van der Waals surface area contributed by atoms with Gasteiger partial charge in [-0.2, -0.15) is 11.8 Å². The second-order valence-electron chi connectivity index (χ2n) is 2.95. The molecule has 4 heteroatoms. The number of ether oxygens (including phenoxy) is 1. The summed E-state index contributed by atoms with van der Waals surface area (Å²) in [5.41, 5.74) is 5.32. The lowest BCUT2D eigenvalue weighted by Crippen LogP contribution is -2.19. The SMILES string of the molecule is CCCCOCC(O)CSCCN. The van der Waals surface area contributed by atoms with E-state index in [0.717, 1.165) is 31.0 Å². The normalized spacial score (nSPS) is 13.2. The molecule has 0 spiro atoms. The van der Waals surface area contributed by atoms with Crippen LogP contribution >= 0.6 is 11.8 Å². The van der Waals surface area contributed by atoms with Crippen LogP contribution in [0.4, 0.5) is 0 Å². The van der Waals surface area contributed by atoms with E-state index < -0.39 is 0 Å². The Morgan fingerprint density at radius 3 is 2.92 bits per heavy atom. The smallest absolute Gasteiger partial charge is 0.0863 e. The summed E-state index contributed by atoms with van der Waals surface area (Å²) in [5.74, 6) is 1.63. The lowest BCUT2D eigenvalue weighted by atomic mass is 10.3.